The van der Waals surface area contributed by atoms with Gasteiger partial charge in [0.1, 0.15) is 5.82 Å². The predicted molar refractivity (Wildman–Crippen MR) is 74.7 cm³/mol. The number of likely N-dealkylation sites (tertiary alicyclic amines) is 1. The lowest BCUT2D eigenvalue weighted by Gasteiger charge is -2.30. The molecule has 0 aromatic heterocycles. The fourth-order valence-corrected chi connectivity index (χ4v) is 2.47. The average molecular weight is 304 g/mol. The zero-order chi connectivity index (χ0) is 15.5. The zero-order valence-electron chi connectivity index (χ0n) is 12.0. The molecule has 0 amide bonds. The lowest BCUT2D eigenvalue weighted by Crippen LogP contribution is -2.36. The van der Waals surface area contributed by atoms with E-state index in [0.717, 1.165) is 50.5 Å². The van der Waals surface area contributed by atoms with Crippen LogP contribution in [0.1, 0.15) is 25.3 Å². The van der Waals surface area contributed by atoms with Crippen LogP contribution in [0.2, 0.25) is 0 Å². The lowest BCUT2D eigenvalue weighted by atomic mass is 9.99. The highest BCUT2D eigenvalue weighted by molar-refractivity contribution is 5.46. The number of nitrogens with zero attached hydrogens (tertiary/aromatic N) is 1. The number of halogens is 4. The van der Waals surface area contributed by atoms with Gasteiger partial charge in [-0.2, -0.15) is 13.2 Å². The minimum Gasteiger partial charge on any atom is -0.381 e. The van der Waals surface area contributed by atoms with Crippen LogP contribution in [0.4, 0.5) is 23.2 Å². The van der Waals surface area contributed by atoms with Gasteiger partial charge in [-0.25, -0.2) is 4.39 Å². The molecule has 1 aromatic carbocycles. The van der Waals surface area contributed by atoms with Crippen molar-refractivity contribution >= 4 is 5.69 Å². The molecular weight excluding hydrogens is 284 g/mol. The molecule has 1 aliphatic heterocycles. The number of hydrogen-bond acceptors (Lipinski definition) is 2. The van der Waals surface area contributed by atoms with Crippen LogP contribution in [-0.4, -0.2) is 31.1 Å². The van der Waals surface area contributed by atoms with Crippen LogP contribution in [0.5, 0.6) is 0 Å². The first-order chi connectivity index (χ1) is 9.86. The third kappa shape index (κ3) is 4.59. The fourth-order valence-electron chi connectivity index (χ4n) is 2.47. The average Bonchev–Trinajstić information content (AvgIpc) is 2.41. The van der Waals surface area contributed by atoms with Crippen molar-refractivity contribution < 1.29 is 17.6 Å². The summed E-state index contributed by atoms with van der Waals surface area (Å²) < 4.78 is 50.9. The minimum absolute atomic E-state index is 0.119. The van der Waals surface area contributed by atoms with Crippen molar-refractivity contribution in [1.29, 1.82) is 0 Å². The first kappa shape index (κ1) is 16.1. The molecule has 21 heavy (non-hydrogen) atoms. The molecule has 1 fully saturated rings. The molecule has 0 spiro atoms. The summed E-state index contributed by atoms with van der Waals surface area (Å²) in [6.07, 6.45) is -2.19. The van der Waals surface area contributed by atoms with Crippen molar-refractivity contribution in [3.63, 3.8) is 0 Å². The van der Waals surface area contributed by atoms with Crippen molar-refractivity contribution in [2.45, 2.75) is 25.9 Å². The van der Waals surface area contributed by atoms with Crippen molar-refractivity contribution in [2.75, 3.05) is 31.5 Å². The first-order valence-electron chi connectivity index (χ1n) is 7.19. The summed E-state index contributed by atoms with van der Waals surface area (Å²) in [5, 5.41) is 2.87. The number of benzene rings is 1. The van der Waals surface area contributed by atoms with Gasteiger partial charge in [0.25, 0.3) is 0 Å². The van der Waals surface area contributed by atoms with Gasteiger partial charge in [-0.05, 0) is 50.0 Å². The zero-order valence-corrected chi connectivity index (χ0v) is 12.0. The number of hydrogen-bond donors (Lipinski definition) is 1. The van der Waals surface area contributed by atoms with Crippen molar-refractivity contribution in [3.05, 3.63) is 29.6 Å². The molecule has 0 unspecified atom stereocenters. The van der Waals surface area contributed by atoms with Gasteiger partial charge in [0, 0.05) is 13.1 Å². The Kier molecular flexibility index (Phi) is 5.08. The Hall–Kier alpha value is -1.30. The van der Waals surface area contributed by atoms with Gasteiger partial charge in [0.15, 0.2) is 0 Å². The van der Waals surface area contributed by atoms with E-state index in [1.807, 2.05) is 0 Å². The third-order valence-corrected chi connectivity index (χ3v) is 3.92. The number of rotatable bonds is 4. The summed E-state index contributed by atoms with van der Waals surface area (Å²) in [5.74, 6) is -0.112. The van der Waals surface area contributed by atoms with E-state index < -0.39 is 17.6 Å². The number of piperidine rings is 1. The highest BCUT2D eigenvalue weighted by atomic mass is 19.4. The van der Waals surface area contributed by atoms with Gasteiger partial charge in [0.05, 0.1) is 11.3 Å². The number of alkyl halides is 3. The molecule has 2 rings (SSSR count). The van der Waals surface area contributed by atoms with Crippen LogP contribution >= 0.6 is 0 Å². The normalized spacial score (nSPS) is 18.0. The van der Waals surface area contributed by atoms with E-state index in [4.69, 9.17) is 0 Å². The van der Waals surface area contributed by atoms with Crippen LogP contribution in [0.3, 0.4) is 0 Å². The Morgan fingerprint density at radius 2 is 1.90 bits per heavy atom. The maximum Gasteiger partial charge on any atom is 0.416 e. The van der Waals surface area contributed by atoms with E-state index in [-0.39, 0.29) is 5.69 Å². The van der Waals surface area contributed by atoms with E-state index in [9.17, 15) is 17.6 Å². The number of anilines is 1. The summed E-state index contributed by atoms with van der Waals surface area (Å²) in [5.41, 5.74) is -0.844. The largest absolute Gasteiger partial charge is 0.416 e. The molecule has 6 heteroatoms. The van der Waals surface area contributed by atoms with Crippen LogP contribution in [-0.2, 0) is 6.18 Å². The molecule has 0 radical (unpaired) electrons. The summed E-state index contributed by atoms with van der Waals surface area (Å²) in [6.45, 7) is 5.58. The molecule has 118 valence electrons. The van der Waals surface area contributed by atoms with Crippen LogP contribution in [0.25, 0.3) is 0 Å². The quantitative estimate of drug-likeness (QED) is 0.846. The topological polar surface area (TPSA) is 15.3 Å². The summed E-state index contributed by atoms with van der Waals surface area (Å²) in [4.78, 5) is 2.29. The maximum atomic E-state index is 13.6. The standard InChI is InChI=1S/C15H20F4N2/c1-11-4-7-21(8-5-11)9-6-20-14-3-2-12(10-13(14)16)15(17,18)19/h2-3,10-11,20H,4-9H2,1H3. The molecule has 0 saturated carbocycles. The number of nitrogens with one attached hydrogen (secondary N) is 1. The van der Waals surface area contributed by atoms with Crippen LogP contribution < -0.4 is 5.32 Å². The summed E-state index contributed by atoms with van der Waals surface area (Å²) in [7, 11) is 0. The highest BCUT2D eigenvalue weighted by Crippen LogP contribution is 2.31. The van der Waals surface area contributed by atoms with Gasteiger partial charge in [-0.1, -0.05) is 6.92 Å². The fraction of sp³-hybridized carbons (Fsp3) is 0.600. The smallest absolute Gasteiger partial charge is 0.381 e. The molecular formula is C15H20F4N2. The SMILES string of the molecule is CC1CCN(CCNc2ccc(C(F)(F)F)cc2F)CC1. The predicted octanol–water partition coefficient (Wildman–Crippen LogP) is 3.99. The molecule has 1 N–H and O–H groups in total. The Morgan fingerprint density at radius 3 is 2.48 bits per heavy atom. The lowest BCUT2D eigenvalue weighted by molar-refractivity contribution is -0.137. The van der Waals surface area contributed by atoms with Crippen molar-refractivity contribution in [2.24, 2.45) is 5.92 Å². The molecule has 0 atom stereocenters. The second-order valence-electron chi connectivity index (χ2n) is 5.64. The molecule has 1 aromatic rings. The van der Waals surface area contributed by atoms with E-state index in [1.165, 1.54) is 0 Å². The van der Waals surface area contributed by atoms with Crippen LogP contribution in [0.15, 0.2) is 18.2 Å². The van der Waals surface area contributed by atoms with E-state index >= 15 is 0 Å². The Bertz CT molecular complexity index is 465. The van der Waals surface area contributed by atoms with Gasteiger partial charge in [-0.3, -0.25) is 0 Å². The minimum atomic E-state index is -4.51. The summed E-state index contributed by atoms with van der Waals surface area (Å²) >= 11 is 0. The van der Waals surface area contributed by atoms with Gasteiger partial charge < -0.3 is 10.2 Å². The maximum absolute atomic E-state index is 13.6. The highest BCUT2D eigenvalue weighted by Gasteiger charge is 2.31. The Balaban J connectivity index is 1.83. The molecule has 0 aliphatic carbocycles. The Labute approximate surface area is 122 Å². The van der Waals surface area contributed by atoms with Gasteiger partial charge in [-0.15, -0.1) is 0 Å². The van der Waals surface area contributed by atoms with E-state index in [2.05, 4.69) is 17.1 Å². The molecule has 1 aliphatic rings. The Morgan fingerprint density at radius 1 is 1.24 bits per heavy atom. The first-order valence-corrected chi connectivity index (χ1v) is 7.19. The van der Waals surface area contributed by atoms with E-state index in [1.54, 1.807) is 0 Å². The van der Waals surface area contributed by atoms with Gasteiger partial charge >= 0.3 is 6.18 Å². The van der Waals surface area contributed by atoms with Crippen LogP contribution in [0, 0.1) is 11.7 Å². The summed E-state index contributed by atoms with van der Waals surface area (Å²) in [6, 6.07) is 2.58. The monoisotopic (exact) mass is 304 g/mol. The molecule has 1 saturated heterocycles. The van der Waals surface area contributed by atoms with Crippen molar-refractivity contribution in [1.82, 2.24) is 4.90 Å². The van der Waals surface area contributed by atoms with Crippen molar-refractivity contribution in [3.8, 4) is 0 Å². The molecule has 0 bridgehead atoms. The second kappa shape index (κ2) is 6.64. The second-order valence-corrected chi connectivity index (χ2v) is 5.64. The molecule has 2 nitrogen and oxygen atoms in total. The van der Waals surface area contributed by atoms with Gasteiger partial charge in [0.2, 0.25) is 0 Å². The third-order valence-electron chi connectivity index (χ3n) is 3.92. The molecule has 1 heterocycles. The van der Waals surface area contributed by atoms with E-state index in [0.29, 0.717) is 12.6 Å².